The number of hydrogen-bond donors (Lipinski definition) is 2. The van der Waals surface area contributed by atoms with Crippen LogP contribution in [0, 0.1) is 0 Å². The number of halogens is 1. The molecular formula is C9H26FNO4S. The molecule has 0 spiro atoms. The lowest BCUT2D eigenvalue weighted by molar-refractivity contribution is -0.0313. The Morgan fingerprint density at radius 1 is 1.25 bits per heavy atom. The average molecular weight is 263 g/mol. The molecule has 0 aromatic carbocycles. The highest BCUT2D eigenvalue weighted by atomic mass is 32.2. The molecule has 104 valence electrons. The van der Waals surface area contributed by atoms with Crippen LogP contribution in [0.15, 0.2) is 0 Å². The molecule has 0 aliphatic carbocycles. The zero-order valence-electron chi connectivity index (χ0n) is 10.8. The van der Waals surface area contributed by atoms with Gasteiger partial charge in [-0.1, -0.05) is 0 Å². The van der Waals surface area contributed by atoms with Crippen LogP contribution < -0.4 is 6.15 Å². The number of aliphatic hydroxyl groups is 1. The summed E-state index contributed by atoms with van der Waals surface area (Å²) in [6, 6.07) is 0. The van der Waals surface area contributed by atoms with Gasteiger partial charge in [0, 0.05) is 30.4 Å². The van der Waals surface area contributed by atoms with E-state index in [9.17, 15) is 4.21 Å². The Hall–Kier alpha value is -0.0800. The van der Waals surface area contributed by atoms with Gasteiger partial charge in [-0.05, 0) is 13.8 Å². The first kappa shape index (κ1) is 24.9. The second kappa shape index (κ2) is 17.3. The van der Waals surface area contributed by atoms with Crippen molar-refractivity contribution in [2.75, 3.05) is 32.8 Å². The average Bonchev–Trinajstić information content (AvgIpc) is 2.12. The molecule has 0 radical (unpaired) electrons. The molecule has 0 aliphatic heterocycles. The number of hydrogen-bond acceptors (Lipinski definition) is 5. The number of methoxy groups -OCH3 is 1. The molecule has 5 nitrogen and oxygen atoms in total. The van der Waals surface area contributed by atoms with E-state index in [4.69, 9.17) is 14.6 Å². The zero-order chi connectivity index (χ0) is 11.6. The minimum atomic E-state index is -0.611. The van der Waals surface area contributed by atoms with Crippen molar-refractivity contribution in [2.45, 2.75) is 26.1 Å². The highest BCUT2D eigenvalue weighted by molar-refractivity contribution is 7.83. The first-order valence-corrected chi connectivity index (χ1v) is 6.41. The Balaban J connectivity index is -0.000000105. The maximum absolute atomic E-state index is 9.56. The van der Waals surface area contributed by atoms with Gasteiger partial charge in [0.2, 0.25) is 0 Å². The van der Waals surface area contributed by atoms with Crippen LogP contribution in [0.5, 0.6) is 0 Å². The molecule has 0 aliphatic rings. The van der Waals surface area contributed by atoms with Gasteiger partial charge < -0.3 is 20.7 Å². The molecule has 16 heavy (non-hydrogen) atoms. The van der Waals surface area contributed by atoms with Crippen LogP contribution in [-0.2, 0) is 20.3 Å². The highest BCUT2D eigenvalue weighted by Crippen LogP contribution is 1.93. The molecule has 0 heterocycles. The van der Waals surface area contributed by atoms with E-state index in [0.29, 0.717) is 6.61 Å². The van der Waals surface area contributed by atoms with Crippen molar-refractivity contribution < 1.29 is 23.5 Å². The summed E-state index contributed by atoms with van der Waals surface area (Å²) in [5.41, 5.74) is 0. The predicted octanol–water partition coefficient (Wildman–Crippen LogP) is 0.728. The van der Waals surface area contributed by atoms with Gasteiger partial charge in [-0.3, -0.25) is 8.91 Å². The molecule has 0 aromatic heterocycles. The molecule has 0 amide bonds. The van der Waals surface area contributed by atoms with E-state index >= 15 is 0 Å². The van der Waals surface area contributed by atoms with Crippen LogP contribution in [0.2, 0.25) is 0 Å². The van der Waals surface area contributed by atoms with E-state index < -0.39 is 10.8 Å². The van der Waals surface area contributed by atoms with Gasteiger partial charge in [0.1, 0.15) is 0 Å². The molecule has 2 unspecified atom stereocenters. The fourth-order valence-corrected chi connectivity index (χ4v) is 0.421. The van der Waals surface area contributed by atoms with E-state index in [0.717, 1.165) is 0 Å². The first-order chi connectivity index (χ1) is 6.43. The summed E-state index contributed by atoms with van der Waals surface area (Å²) >= 11 is 0. The molecule has 0 fully saturated rings. The molecular weight excluding hydrogens is 237 g/mol. The summed E-state index contributed by atoms with van der Waals surface area (Å²) < 4.78 is 19.7. The van der Waals surface area contributed by atoms with E-state index in [1.54, 1.807) is 19.6 Å². The minimum Gasteiger partial charge on any atom is -0.394 e. The quantitative estimate of drug-likeness (QED) is 0.763. The van der Waals surface area contributed by atoms with Gasteiger partial charge in [0.25, 0.3) is 0 Å². The predicted molar refractivity (Wildman–Crippen MR) is 66.5 cm³/mol. The summed E-state index contributed by atoms with van der Waals surface area (Å²) in [6.07, 6.45) is 3.30. The Morgan fingerprint density at radius 3 is 1.88 bits per heavy atom. The zero-order valence-corrected chi connectivity index (χ0v) is 11.6. The van der Waals surface area contributed by atoms with Crippen molar-refractivity contribution >= 4 is 10.8 Å². The van der Waals surface area contributed by atoms with Gasteiger partial charge in [0.05, 0.1) is 25.4 Å². The number of rotatable bonds is 5. The topological polar surface area (TPSA) is 90.8 Å². The summed E-state index contributed by atoms with van der Waals surface area (Å²) in [7, 11) is 1.03. The third-order valence-corrected chi connectivity index (χ3v) is 1.27. The highest BCUT2D eigenvalue weighted by Gasteiger charge is 2.03. The molecule has 2 atom stereocenters. The summed E-state index contributed by atoms with van der Waals surface area (Å²) in [4.78, 5) is 0. The van der Waals surface area contributed by atoms with Gasteiger partial charge in [-0.25, -0.2) is 0 Å². The summed E-state index contributed by atoms with van der Waals surface area (Å²) in [5.74, 6) is 0. The Kier molecular flexibility index (Phi) is 27.0. The maximum Gasteiger partial charge on any atom is 0.0779 e. The third kappa shape index (κ3) is 29.2. The SMILES string of the molecule is COC(C)COC(C)CO.CS(C)=O.F.N. The van der Waals surface area contributed by atoms with Crippen molar-refractivity contribution in [1.29, 1.82) is 0 Å². The monoisotopic (exact) mass is 263 g/mol. The molecule has 0 bridgehead atoms. The summed E-state index contributed by atoms with van der Waals surface area (Å²) in [6.45, 7) is 4.35. The van der Waals surface area contributed by atoms with E-state index in [1.807, 2.05) is 13.8 Å². The van der Waals surface area contributed by atoms with Crippen LogP contribution in [0.4, 0.5) is 4.70 Å². The van der Waals surface area contributed by atoms with Crippen molar-refractivity contribution in [1.82, 2.24) is 6.15 Å². The maximum atomic E-state index is 9.56. The van der Waals surface area contributed by atoms with Crippen molar-refractivity contribution in [2.24, 2.45) is 0 Å². The van der Waals surface area contributed by atoms with E-state index in [-0.39, 0.29) is 29.7 Å². The second-order valence-electron chi connectivity index (χ2n) is 3.11. The standard InChI is InChI=1S/C7H16O3.C2H6OS.FH.H3N/c1-6(4-8)10-5-7(2)9-3;1-4(2)3;;/h6-8H,4-5H2,1-3H3;1-2H3;1H;1H3. The number of aliphatic hydroxyl groups excluding tert-OH is 1. The second-order valence-corrected chi connectivity index (χ2v) is 4.60. The van der Waals surface area contributed by atoms with Crippen LogP contribution >= 0.6 is 0 Å². The summed E-state index contributed by atoms with van der Waals surface area (Å²) in [5, 5.41) is 8.55. The lowest BCUT2D eigenvalue weighted by atomic mass is 10.4. The lowest BCUT2D eigenvalue weighted by Crippen LogP contribution is -2.21. The van der Waals surface area contributed by atoms with Gasteiger partial charge >= 0.3 is 0 Å². The minimum absolute atomic E-state index is 0. The van der Waals surface area contributed by atoms with Crippen molar-refractivity contribution in [3.63, 3.8) is 0 Å². The van der Waals surface area contributed by atoms with E-state index in [2.05, 4.69) is 0 Å². The van der Waals surface area contributed by atoms with E-state index in [1.165, 1.54) is 0 Å². The smallest absolute Gasteiger partial charge is 0.0779 e. The third-order valence-electron chi connectivity index (χ3n) is 1.27. The Bertz CT molecular complexity index is 137. The van der Waals surface area contributed by atoms with Crippen LogP contribution in [0.1, 0.15) is 13.8 Å². The fraction of sp³-hybridized carbons (Fsp3) is 1.00. The van der Waals surface area contributed by atoms with Crippen LogP contribution in [0.3, 0.4) is 0 Å². The van der Waals surface area contributed by atoms with Crippen LogP contribution in [-0.4, -0.2) is 54.4 Å². The molecule has 7 heteroatoms. The van der Waals surface area contributed by atoms with Crippen molar-refractivity contribution in [3.05, 3.63) is 0 Å². The number of ether oxygens (including phenoxy) is 2. The van der Waals surface area contributed by atoms with Gasteiger partial charge in [-0.2, -0.15) is 0 Å². The van der Waals surface area contributed by atoms with Crippen molar-refractivity contribution in [3.8, 4) is 0 Å². The largest absolute Gasteiger partial charge is 0.394 e. The Morgan fingerprint density at radius 2 is 1.62 bits per heavy atom. The van der Waals surface area contributed by atoms with Crippen LogP contribution in [0.25, 0.3) is 0 Å². The normalized spacial score (nSPS) is 12.7. The Labute approximate surface area is 99.9 Å². The first-order valence-electron chi connectivity index (χ1n) is 4.44. The molecule has 0 rings (SSSR count). The molecule has 0 saturated carbocycles. The lowest BCUT2D eigenvalue weighted by Gasteiger charge is -2.13. The molecule has 0 saturated heterocycles. The van der Waals surface area contributed by atoms with Gasteiger partial charge in [0.15, 0.2) is 0 Å². The molecule has 0 aromatic rings. The molecule has 4 N–H and O–H groups in total. The van der Waals surface area contributed by atoms with Gasteiger partial charge in [-0.15, -0.1) is 0 Å². The fourth-order valence-electron chi connectivity index (χ4n) is 0.421.